The van der Waals surface area contributed by atoms with Crippen LogP contribution in [0.25, 0.3) is 0 Å². The van der Waals surface area contributed by atoms with Gasteiger partial charge >= 0.3 is 0 Å². The second-order valence-corrected chi connectivity index (χ2v) is 6.98. The molecule has 2 rings (SSSR count). The molecule has 9 heteroatoms. The molecule has 0 aliphatic rings. The lowest BCUT2D eigenvalue weighted by Gasteiger charge is -2.17. The van der Waals surface area contributed by atoms with Gasteiger partial charge in [-0.05, 0) is 25.1 Å². The number of nitrogens with zero attached hydrogens (tertiary/aromatic N) is 3. The third-order valence-electron chi connectivity index (χ3n) is 3.27. The number of aliphatic imine (C=N–C) groups is 1. The molecule has 0 bridgehead atoms. The van der Waals surface area contributed by atoms with Crippen molar-refractivity contribution in [3.05, 3.63) is 40.4 Å². The fraction of sp³-hybridized carbons (Fsp3) is 0.412. The summed E-state index contributed by atoms with van der Waals surface area (Å²) in [5.74, 6) is 1.46. The molecule has 0 saturated carbocycles. The van der Waals surface area contributed by atoms with Crippen molar-refractivity contribution in [1.82, 2.24) is 15.6 Å². The van der Waals surface area contributed by atoms with Crippen molar-refractivity contribution >= 4 is 58.0 Å². The van der Waals surface area contributed by atoms with Gasteiger partial charge in [0.1, 0.15) is 11.9 Å². The molecule has 0 aliphatic heterocycles. The maximum atomic E-state index is 5.97. The SMILES string of the molecule is CN=C(NCc1csc(N(C)C)n1)NCC(C)Oc1cccc(Cl)c1.I. The van der Waals surface area contributed by atoms with E-state index in [9.17, 15) is 0 Å². The van der Waals surface area contributed by atoms with E-state index in [0.29, 0.717) is 24.1 Å². The van der Waals surface area contributed by atoms with Crippen molar-refractivity contribution in [3.8, 4) is 5.75 Å². The lowest BCUT2D eigenvalue weighted by Crippen LogP contribution is -2.41. The quantitative estimate of drug-likeness (QED) is 0.339. The summed E-state index contributed by atoms with van der Waals surface area (Å²) in [6.07, 6.45) is -0.0309. The molecule has 1 heterocycles. The van der Waals surface area contributed by atoms with Gasteiger partial charge in [-0.25, -0.2) is 4.98 Å². The van der Waals surface area contributed by atoms with E-state index in [0.717, 1.165) is 16.6 Å². The number of anilines is 1. The molecular weight excluding hydrogens is 485 g/mol. The van der Waals surface area contributed by atoms with Crippen LogP contribution < -0.4 is 20.3 Å². The van der Waals surface area contributed by atoms with Crippen molar-refractivity contribution < 1.29 is 4.74 Å². The lowest BCUT2D eigenvalue weighted by molar-refractivity contribution is 0.224. The fourth-order valence-electron chi connectivity index (χ4n) is 2.03. The van der Waals surface area contributed by atoms with E-state index in [1.54, 1.807) is 24.5 Å². The molecule has 1 unspecified atom stereocenters. The molecule has 26 heavy (non-hydrogen) atoms. The van der Waals surface area contributed by atoms with Gasteiger partial charge < -0.3 is 20.3 Å². The molecule has 0 fully saturated rings. The Morgan fingerprint density at radius 3 is 2.77 bits per heavy atom. The van der Waals surface area contributed by atoms with Crippen LogP contribution in [0.15, 0.2) is 34.6 Å². The normalized spacial score (nSPS) is 12.1. The molecule has 2 N–H and O–H groups in total. The molecule has 1 aromatic carbocycles. The Bertz CT molecular complexity index is 710. The van der Waals surface area contributed by atoms with Crippen LogP contribution in [0.1, 0.15) is 12.6 Å². The van der Waals surface area contributed by atoms with Gasteiger partial charge in [0, 0.05) is 31.5 Å². The Labute approximate surface area is 181 Å². The van der Waals surface area contributed by atoms with Crippen LogP contribution >= 0.6 is 46.9 Å². The number of hydrogen-bond acceptors (Lipinski definition) is 5. The number of hydrogen-bond donors (Lipinski definition) is 2. The van der Waals surface area contributed by atoms with Gasteiger partial charge in [-0.15, -0.1) is 35.3 Å². The average Bonchev–Trinajstić information content (AvgIpc) is 3.04. The smallest absolute Gasteiger partial charge is 0.191 e. The van der Waals surface area contributed by atoms with E-state index in [1.165, 1.54) is 0 Å². The van der Waals surface area contributed by atoms with Crippen LogP contribution in [0.2, 0.25) is 5.02 Å². The minimum atomic E-state index is -0.0309. The highest BCUT2D eigenvalue weighted by Crippen LogP contribution is 2.18. The number of guanidine groups is 1. The highest BCUT2D eigenvalue weighted by Gasteiger charge is 2.08. The van der Waals surface area contributed by atoms with Crippen molar-refractivity contribution in [2.24, 2.45) is 4.99 Å². The van der Waals surface area contributed by atoms with Gasteiger partial charge in [-0.3, -0.25) is 4.99 Å². The summed E-state index contributed by atoms with van der Waals surface area (Å²) < 4.78 is 5.84. The molecule has 2 aromatic rings. The lowest BCUT2D eigenvalue weighted by atomic mass is 10.3. The Kier molecular flexibility index (Phi) is 10.0. The topological polar surface area (TPSA) is 61.8 Å². The average molecular weight is 510 g/mol. The standard InChI is InChI=1S/C17H24ClN5OS.HI/c1-12(24-15-7-5-6-13(18)8-15)9-20-16(19-2)21-10-14-11-25-17(22-14)23(3)4;/h5-8,11-12H,9-10H2,1-4H3,(H2,19,20,21);1H. The second kappa shape index (κ2) is 11.5. The maximum absolute atomic E-state index is 5.97. The molecule has 144 valence electrons. The van der Waals surface area contributed by atoms with Crippen molar-refractivity contribution in [2.75, 3.05) is 32.6 Å². The zero-order valence-corrected chi connectivity index (χ0v) is 19.2. The molecule has 1 aromatic heterocycles. The van der Waals surface area contributed by atoms with Crippen LogP contribution in [0.5, 0.6) is 5.75 Å². The van der Waals surface area contributed by atoms with Gasteiger partial charge in [-0.1, -0.05) is 17.7 Å². The number of ether oxygens (including phenoxy) is 1. The summed E-state index contributed by atoms with van der Waals surface area (Å²) in [5.41, 5.74) is 0.986. The van der Waals surface area contributed by atoms with Crippen molar-refractivity contribution in [1.29, 1.82) is 0 Å². The monoisotopic (exact) mass is 509 g/mol. The van der Waals surface area contributed by atoms with E-state index >= 15 is 0 Å². The van der Waals surface area contributed by atoms with Gasteiger partial charge in [0.05, 0.1) is 18.8 Å². The summed E-state index contributed by atoms with van der Waals surface area (Å²) in [5, 5.41) is 10.2. The molecule has 0 saturated heterocycles. The van der Waals surface area contributed by atoms with Crippen molar-refractivity contribution in [2.45, 2.75) is 19.6 Å². The van der Waals surface area contributed by atoms with Crippen LogP contribution in [0, 0.1) is 0 Å². The first-order chi connectivity index (χ1) is 12.0. The predicted molar refractivity (Wildman–Crippen MR) is 122 cm³/mol. The minimum Gasteiger partial charge on any atom is -0.489 e. The van der Waals surface area contributed by atoms with Crippen LogP contribution in [0.3, 0.4) is 0 Å². The van der Waals surface area contributed by atoms with E-state index in [4.69, 9.17) is 16.3 Å². The third kappa shape index (κ3) is 7.55. The Hall–Kier alpha value is -1.26. The molecule has 0 amide bonds. The minimum absolute atomic E-state index is 0. The Morgan fingerprint density at radius 2 is 2.15 bits per heavy atom. The summed E-state index contributed by atoms with van der Waals surface area (Å²) in [7, 11) is 5.71. The van der Waals surface area contributed by atoms with Gasteiger partial charge in [0.2, 0.25) is 0 Å². The number of benzene rings is 1. The summed E-state index contributed by atoms with van der Waals surface area (Å²) in [6, 6.07) is 7.38. The molecular formula is C17H25ClIN5OS. The molecule has 6 nitrogen and oxygen atoms in total. The second-order valence-electron chi connectivity index (χ2n) is 5.71. The summed E-state index contributed by atoms with van der Waals surface area (Å²) in [6.45, 7) is 3.23. The number of nitrogens with one attached hydrogen (secondary N) is 2. The highest BCUT2D eigenvalue weighted by molar-refractivity contribution is 14.0. The third-order valence-corrected chi connectivity index (χ3v) is 4.57. The van der Waals surface area contributed by atoms with Gasteiger partial charge in [-0.2, -0.15) is 0 Å². The van der Waals surface area contributed by atoms with Gasteiger partial charge in [0.25, 0.3) is 0 Å². The number of aromatic nitrogens is 1. The predicted octanol–water partition coefficient (Wildman–Crippen LogP) is 3.61. The first-order valence-corrected chi connectivity index (χ1v) is 9.22. The first-order valence-electron chi connectivity index (χ1n) is 7.96. The largest absolute Gasteiger partial charge is 0.489 e. The van der Waals surface area contributed by atoms with Crippen LogP contribution in [-0.2, 0) is 6.54 Å². The van der Waals surface area contributed by atoms with Crippen LogP contribution in [0.4, 0.5) is 5.13 Å². The van der Waals surface area contributed by atoms with Crippen molar-refractivity contribution in [3.63, 3.8) is 0 Å². The molecule has 0 aliphatic carbocycles. The number of thiazole rings is 1. The molecule has 1 atom stereocenters. The van der Waals surface area contributed by atoms with E-state index in [2.05, 4.69) is 20.6 Å². The van der Waals surface area contributed by atoms with Gasteiger partial charge in [0.15, 0.2) is 11.1 Å². The Balaban J connectivity index is 0.00000338. The fourth-order valence-corrected chi connectivity index (χ4v) is 2.97. The number of halogens is 2. The van der Waals surface area contributed by atoms with E-state index in [-0.39, 0.29) is 30.1 Å². The Morgan fingerprint density at radius 1 is 1.38 bits per heavy atom. The van der Waals surface area contributed by atoms with Crippen LogP contribution in [-0.4, -0.2) is 44.7 Å². The summed E-state index contributed by atoms with van der Waals surface area (Å²) in [4.78, 5) is 10.8. The zero-order valence-electron chi connectivity index (χ0n) is 15.3. The molecule has 0 radical (unpaired) electrons. The highest BCUT2D eigenvalue weighted by atomic mass is 127. The van der Waals surface area contributed by atoms with E-state index < -0.39 is 0 Å². The van der Waals surface area contributed by atoms with E-state index in [1.807, 2.05) is 49.5 Å². The first kappa shape index (κ1) is 22.8. The summed E-state index contributed by atoms with van der Waals surface area (Å²) >= 11 is 7.59. The zero-order chi connectivity index (χ0) is 18.2. The number of rotatable bonds is 7. The maximum Gasteiger partial charge on any atom is 0.191 e. The molecule has 0 spiro atoms.